The van der Waals surface area contributed by atoms with Gasteiger partial charge in [-0.05, 0) is 42.3 Å². The van der Waals surface area contributed by atoms with Crippen LogP contribution in [0.3, 0.4) is 0 Å². The molecule has 2 aromatic rings. The molecule has 0 radical (unpaired) electrons. The molecule has 0 spiro atoms. The SMILES string of the molecule is NC(CSc1cccc(Br)c1)Cc1ccc(F)cc1Cl. The molecule has 0 saturated carbocycles. The maximum atomic E-state index is 13.0. The third-order valence-electron chi connectivity index (χ3n) is 2.76. The molecule has 0 amide bonds. The van der Waals surface area contributed by atoms with Crippen LogP contribution in [-0.4, -0.2) is 11.8 Å². The van der Waals surface area contributed by atoms with Crippen molar-refractivity contribution in [1.82, 2.24) is 0 Å². The monoisotopic (exact) mass is 373 g/mol. The molecule has 0 aliphatic carbocycles. The molecule has 106 valence electrons. The summed E-state index contributed by atoms with van der Waals surface area (Å²) in [5, 5.41) is 0.438. The summed E-state index contributed by atoms with van der Waals surface area (Å²) >= 11 is 11.1. The number of benzene rings is 2. The van der Waals surface area contributed by atoms with Gasteiger partial charge in [0.1, 0.15) is 5.82 Å². The number of halogens is 3. The molecule has 0 aliphatic heterocycles. The first-order valence-corrected chi connectivity index (χ1v) is 8.28. The zero-order chi connectivity index (χ0) is 14.5. The summed E-state index contributed by atoms with van der Waals surface area (Å²) in [6, 6.07) is 12.5. The van der Waals surface area contributed by atoms with Crippen molar-refractivity contribution < 1.29 is 4.39 Å². The molecular weight excluding hydrogens is 361 g/mol. The van der Waals surface area contributed by atoms with Crippen molar-refractivity contribution >= 4 is 39.3 Å². The second-order valence-corrected chi connectivity index (χ2v) is 6.88. The average Bonchev–Trinajstić information content (AvgIpc) is 2.40. The predicted octanol–water partition coefficient (Wildman–Crippen LogP) is 4.90. The van der Waals surface area contributed by atoms with Gasteiger partial charge >= 0.3 is 0 Å². The minimum atomic E-state index is -0.323. The lowest BCUT2D eigenvalue weighted by Gasteiger charge is -2.12. The molecule has 1 unspecified atom stereocenters. The third kappa shape index (κ3) is 4.77. The fourth-order valence-corrected chi connectivity index (χ4v) is 3.49. The highest BCUT2D eigenvalue weighted by atomic mass is 79.9. The van der Waals surface area contributed by atoms with Crippen molar-refractivity contribution in [3.63, 3.8) is 0 Å². The lowest BCUT2D eigenvalue weighted by atomic mass is 10.1. The number of rotatable bonds is 5. The van der Waals surface area contributed by atoms with Crippen molar-refractivity contribution in [3.8, 4) is 0 Å². The van der Waals surface area contributed by atoms with Crippen LogP contribution in [0, 0.1) is 5.82 Å². The topological polar surface area (TPSA) is 26.0 Å². The summed E-state index contributed by atoms with van der Waals surface area (Å²) in [4.78, 5) is 1.17. The highest BCUT2D eigenvalue weighted by Gasteiger charge is 2.09. The minimum absolute atomic E-state index is 0.0260. The van der Waals surface area contributed by atoms with E-state index in [0.717, 1.165) is 15.8 Å². The molecule has 0 fully saturated rings. The van der Waals surface area contributed by atoms with Gasteiger partial charge in [0.15, 0.2) is 0 Å². The van der Waals surface area contributed by atoms with Crippen molar-refractivity contribution in [2.24, 2.45) is 5.73 Å². The van der Waals surface area contributed by atoms with Gasteiger partial charge in [0, 0.05) is 26.2 Å². The number of nitrogens with two attached hydrogens (primary N) is 1. The van der Waals surface area contributed by atoms with E-state index in [-0.39, 0.29) is 11.9 Å². The predicted molar refractivity (Wildman–Crippen MR) is 88.0 cm³/mol. The van der Waals surface area contributed by atoms with Gasteiger partial charge in [-0.3, -0.25) is 0 Å². The lowest BCUT2D eigenvalue weighted by Crippen LogP contribution is -2.25. The molecule has 0 aliphatic rings. The van der Waals surface area contributed by atoms with E-state index in [4.69, 9.17) is 17.3 Å². The molecule has 1 nitrogen and oxygen atoms in total. The van der Waals surface area contributed by atoms with E-state index in [1.54, 1.807) is 17.8 Å². The fourth-order valence-electron chi connectivity index (χ4n) is 1.79. The zero-order valence-electron chi connectivity index (χ0n) is 10.7. The molecule has 2 aromatic carbocycles. The van der Waals surface area contributed by atoms with Gasteiger partial charge in [-0.2, -0.15) is 0 Å². The molecule has 5 heteroatoms. The van der Waals surface area contributed by atoms with Gasteiger partial charge in [0.05, 0.1) is 0 Å². The van der Waals surface area contributed by atoms with Crippen LogP contribution in [0.2, 0.25) is 5.02 Å². The Bertz CT molecular complexity index is 594. The van der Waals surface area contributed by atoms with Gasteiger partial charge in [-0.25, -0.2) is 4.39 Å². The summed E-state index contributed by atoms with van der Waals surface area (Å²) < 4.78 is 14.0. The average molecular weight is 375 g/mol. The van der Waals surface area contributed by atoms with Crippen LogP contribution in [0.1, 0.15) is 5.56 Å². The molecule has 0 bridgehead atoms. The highest BCUT2D eigenvalue weighted by Crippen LogP contribution is 2.24. The van der Waals surface area contributed by atoms with Crippen LogP contribution in [0.5, 0.6) is 0 Å². The highest BCUT2D eigenvalue weighted by molar-refractivity contribution is 9.10. The molecule has 2 rings (SSSR count). The Morgan fingerprint density at radius 3 is 2.75 bits per heavy atom. The summed E-state index contributed by atoms with van der Waals surface area (Å²) in [6.07, 6.45) is 0.639. The van der Waals surface area contributed by atoms with Gasteiger partial charge in [0.2, 0.25) is 0 Å². The van der Waals surface area contributed by atoms with Crippen molar-refractivity contribution in [1.29, 1.82) is 0 Å². The zero-order valence-corrected chi connectivity index (χ0v) is 13.8. The second-order valence-electron chi connectivity index (χ2n) is 4.47. The van der Waals surface area contributed by atoms with E-state index in [1.807, 2.05) is 18.2 Å². The first-order chi connectivity index (χ1) is 9.54. The van der Waals surface area contributed by atoms with Crippen LogP contribution < -0.4 is 5.73 Å². The van der Waals surface area contributed by atoms with Gasteiger partial charge in [-0.15, -0.1) is 11.8 Å². The van der Waals surface area contributed by atoms with Crippen LogP contribution in [-0.2, 0) is 6.42 Å². The van der Waals surface area contributed by atoms with E-state index in [0.29, 0.717) is 11.4 Å². The Labute approximate surface area is 135 Å². The number of hydrogen-bond acceptors (Lipinski definition) is 2. The first-order valence-electron chi connectivity index (χ1n) is 6.12. The number of thioether (sulfide) groups is 1. The van der Waals surface area contributed by atoms with Crippen molar-refractivity contribution in [2.75, 3.05) is 5.75 Å². The summed E-state index contributed by atoms with van der Waals surface area (Å²) in [5.74, 6) is 0.459. The summed E-state index contributed by atoms with van der Waals surface area (Å²) in [6.45, 7) is 0. The third-order valence-corrected chi connectivity index (χ3v) is 4.78. The normalized spacial score (nSPS) is 12.4. The quantitative estimate of drug-likeness (QED) is 0.753. The second kappa shape index (κ2) is 7.46. The van der Waals surface area contributed by atoms with E-state index < -0.39 is 0 Å². The molecule has 0 aromatic heterocycles. The minimum Gasteiger partial charge on any atom is -0.327 e. The maximum Gasteiger partial charge on any atom is 0.124 e. The molecule has 20 heavy (non-hydrogen) atoms. The molecule has 2 N–H and O–H groups in total. The Morgan fingerprint density at radius 1 is 1.25 bits per heavy atom. The first kappa shape index (κ1) is 15.8. The van der Waals surface area contributed by atoms with Gasteiger partial charge < -0.3 is 5.73 Å². The lowest BCUT2D eigenvalue weighted by molar-refractivity contribution is 0.626. The Kier molecular flexibility index (Phi) is 5.90. The van der Waals surface area contributed by atoms with E-state index in [9.17, 15) is 4.39 Å². The van der Waals surface area contributed by atoms with E-state index >= 15 is 0 Å². The Balaban J connectivity index is 1.90. The van der Waals surface area contributed by atoms with E-state index in [1.165, 1.54) is 17.0 Å². The van der Waals surface area contributed by atoms with Crippen molar-refractivity contribution in [2.45, 2.75) is 17.4 Å². The number of hydrogen-bond donors (Lipinski definition) is 1. The van der Waals surface area contributed by atoms with Crippen LogP contribution in [0.4, 0.5) is 4.39 Å². The fraction of sp³-hybridized carbons (Fsp3) is 0.200. The van der Waals surface area contributed by atoms with Crippen molar-refractivity contribution in [3.05, 3.63) is 63.3 Å². The molecular formula is C15H14BrClFNS. The molecule has 0 saturated heterocycles. The van der Waals surface area contributed by atoms with Crippen LogP contribution in [0.25, 0.3) is 0 Å². The summed E-state index contributed by atoms with van der Waals surface area (Å²) in [5.41, 5.74) is 7.00. The Morgan fingerprint density at radius 2 is 2.05 bits per heavy atom. The van der Waals surface area contributed by atoms with E-state index in [2.05, 4.69) is 22.0 Å². The van der Waals surface area contributed by atoms with Crippen LogP contribution in [0.15, 0.2) is 51.8 Å². The molecule has 0 heterocycles. The maximum absolute atomic E-state index is 13.0. The van der Waals surface area contributed by atoms with Crippen LogP contribution >= 0.6 is 39.3 Å². The Hall–Kier alpha value is -0.550. The smallest absolute Gasteiger partial charge is 0.124 e. The van der Waals surface area contributed by atoms with Gasteiger partial charge in [-0.1, -0.05) is 39.7 Å². The largest absolute Gasteiger partial charge is 0.327 e. The molecule has 1 atom stereocenters. The summed E-state index contributed by atoms with van der Waals surface area (Å²) in [7, 11) is 0. The standard InChI is InChI=1S/C15H14BrClFNS/c16-11-2-1-3-14(7-11)20-9-13(19)6-10-4-5-12(18)8-15(10)17/h1-5,7-8,13H,6,9,19H2. The van der Waals surface area contributed by atoms with Gasteiger partial charge in [0.25, 0.3) is 0 Å².